The van der Waals surface area contributed by atoms with E-state index in [-0.39, 0.29) is 36.1 Å². The van der Waals surface area contributed by atoms with Crippen LogP contribution in [-0.4, -0.2) is 41.7 Å². The van der Waals surface area contributed by atoms with Gasteiger partial charge in [0, 0.05) is 5.56 Å². The maximum atomic E-state index is 13.6. The number of aryl methyl sites for hydroxylation is 1. The highest BCUT2D eigenvalue weighted by molar-refractivity contribution is 7.14. The average Bonchev–Trinajstić information content (AvgIpc) is 3.27. The molecule has 3 aromatic rings. The molecule has 0 bridgehead atoms. The summed E-state index contributed by atoms with van der Waals surface area (Å²) < 4.78 is 51.8. The number of nitrogens with zero attached hydrogens (tertiary/aromatic N) is 2. The van der Waals surface area contributed by atoms with Gasteiger partial charge in [0.1, 0.15) is 22.4 Å². The Kier molecular flexibility index (Phi) is 8.06. The Morgan fingerprint density at radius 3 is 2.55 bits per heavy atom. The molecule has 0 saturated heterocycles. The van der Waals surface area contributed by atoms with E-state index in [0.29, 0.717) is 18.0 Å². The summed E-state index contributed by atoms with van der Waals surface area (Å²) in [5, 5.41) is 17.8. The molecule has 3 rings (SSSR count). The van der Waals surface area contributed by atoms with Crippen LogP contribution in [0.2, 0.25) is 0 Å². The van der Waals surface area contributed by atoms with Gasteiger partial charge in [-0.25, -0.2) is 0 Å². The van der Waals surface area contributed by atoms with Crippen molar-refractivity contribution < 1.29 is 27.8 Å². The molecule has 0 spiro atoms. The summed E-state index contributed by atoms with van der Waals surface area (Å²) >= 11 is 1.03. The summed E-state index contributed by atoms with van der Waals surface area (Å²) in [4.78, 5) is 0. The number of hydrogen-bond donors (Lipinski definition) is 2. The number of aliphatic hydroxyl groups excluding tert-OH is 1. The molecule has 0 fully saturated rings. The summed E-state index contributed by atoms with van der Waals surface area (Å²) in [6, 6.07) is 11.8. The number of benzene rings is 2. The van der Waals surface area contributed by atoms with Crippen LogP contribution in [0, 0.1) is 6.92 Å². The second-order valence-corrected chi connectivity index (χ2v) is 8.87. The van der Waals surface area contributed by atoms with Crippen LogP contribution in [0.3, 0.4) is 0 Å². The highest BCUT2D eigenvalue weighted by Gasteiger charge is 2.35. The van der Waals surface area contributed by atoms with E-state index in [0.717, 1.165) is 28.5 Å². The van der Waals surface area contributed by atoms with Crippen molar-refractivity contribution in [3.63, 3.8) is 0 Å². The van der Waals surface area contributed by atoms with E-state index in [2.05, 4.69) is 16.3 Å². The maximum Gasteiger partial charge on any atom is 0.419 e. The smallest absolute Gasteiger partial charge is 0.419 e. The van der Waals surface area contributed by atoms with Crippen molar-refractivity contribution in [1.82, 2.24) is 10.2 Å². The van der Waals surface area contributed by atoms with E-state index in [9.17, 15) is 18.3 Å². The topological polar surface area (TPSA) is 90.5 Å². The van der Waals surface area contributed by atoms with Crippen molar-refractivity contribution in [2.45, 2.75) is 32.0 Å². The standard InChI is InChI=1S/C23H26F3N3O3S/c1-15-4-3-5-16(12-15)8-9-31-10-11-32-19-7-6-17(13-18(19)23(24,25)26)20-28-29-21(33-20)22(2,27)14-30/h3-7,12-13,30H,8-11,14,27H2,1-2H3/t22-/m0/s1. The van der Waals surface area contributed by atoms with Gasteiger partial charge in [0.2, 0.25) is 0 Å². The van der Waals surface area contributed by atoms with E-state index in [4.69, 9.17) is 15.2 Å². The molecule has 0 radical (unpaired) electrons. The van der Waals surface area contributed by atoms with Crippen LogP contribution < -0.4 is 10.5 Å². The Bertz CT molecular complexity index is 1070. The van der Waals surface area contributed by atoms with Gasteiger partial charge in [-0.05, 0) is 44.0 Å². The molecule has 1 heterocycles. The Balaban J connectivity index is 1.62. The maximum absolute atomic E-state index is 13.6. The molecule has 178 valence electrons. The van der Waals surface area contributed by atoms with Crippen molar-refractivity contribution in [1.29, 1.82) is 0 Å². The highest BCUT2D eigenvalue weighted by atomic mass is 32.1. The third kappa shape index (κ3) is 6.73. The zero-order valence-electron chi connectivity index (χ0n) is 18.4. The SMILES string of the molecule is Cc1cccc(CCOCCOc2ccc(-c3nnc([C@@](C)(N)CO)s3)cc2C(F)(F)F)c1. The van der Waals surface area contributed by atoms with Gasteiger partial charge in [-0.1, -0.05) is 41.2 Å². The van der Waals surface area contributed by atoms with E-state index >= 15 is 0 Å². The fourth-order valence-electron chi connectivity index (χ4n) is 3.02. The molecule has 0 amide bonds. The van der Waals surface area contributed by atoms with Gasteiger partial charge < -0.3 is 20.3 Å². The fraction of sp³-hybridized carbons (Fsp3) is 0.391. The Hall–Kier alpha value is -2.53. The molecule has 6 nitrogen and oxygen atoms in total. The van der Waals surface area contributed by atoms with Crippen LogP contribution >= 0.6 is 11.3 Å². The van der Waals surface area contributed by atoms with Crippen LogP contribution in [0.5, 0.6) is 5.75 Å². The van der Waals surface area contributed by atoms with Crippen LogP contribution in [0.4, 0.5) is 13.2 Å². The molecule has 1 aromatic heterocycles. The summed E-state index contributed by atoms with van der Waals surface area (Å²) in [7, 11) is 0. The van der Waals surface area contributed by atoms with E-state index in [1.54, 1.807) is 6.92 Å². The predicted molar refractivity (Wildman–Crippen MR) is 120 cm³/mol. The quantitative estimate of drug-likeness (QED) is 0.419. The first-order valence-corrected chi connectivity index (χ1v) is 11.1. The molecule has 10 heteroatoms. The summed E-state index contributed by atoms with van der Waals surface area (Å²) in [6.07, 6.45) is -3.90. The van der Waals surface area contributed by atoms with Crippen LogP contribution in [0.1, 0.15) is 28.6 Å². The Labute approximate surface area is 194 Å². The molecular formula is C23H26F3N3O3S. The van der Waals surface area contributed by atoms with Gasteiger partial charge in [0.25, 0.3) is 0 Å². The number of ether oxygens (including phenoxy) is 2. The Morgan fingerprint density at radius 1 is 1.06 bits per heavy atom. The lowest BCUT2D eigenvalue weighted by Gasteiger charge is -2.17. The van der Waals surface area contributed by atoms with Crippen molar-refractivity contribution >= 4 is 11.3 Å². The molecule has 33 heavy (non-hydrogen) atoms. The third-order valence-electron chi connectivity index (χ3n) is 4.88. The highest BCUT2D eigenvalue weighted by Crippen LogP contribution is 2.39. The van der Waals surface area contributed by atoms with Crippen molar-refractivity contribution in [2.75, 3.05) is 26.4 Å². The number of alkyl halides is 3. The number of aromatic nitrogens is 2. The lowest BCUT2D eigenvalue weighted by atomic mass is 10.1. The largest absolute Gasteiger partial charge is 0.491 e. The minimum atomic E-state index is -4.61. The molecule has 1 atom stereocenters. The number of halogens is 3. The first-order valence-electron chi connectivity index (χ1n) is 10.3. The van der Waals surface area contributed by atoms with Gasteiger partial charge >= 0.3 is 6.18 Å². The predicted octanol–water partition coefficient (Wildman–Crippen LogP) is 4.34. The fourth-order valence-corrected chi connectivity index (χ4v) is 3.91. The minimum Gasteiger partial charge on any atom is -0.491 e. The van der Waals surface area contributed by atoms with Crippen molar-refractivity contribution in [2.24, 2.45) is 5.73 Å². The monoisotopic (exact) mass is 481 g/mol. The van der Waals surface area contributed by atoms with Gasteiger partial charge in [-0.15, -0.1) is 10.2 Å². The van der Waals surface area contributed by atoms with Crippen LogP contribution in [0.15, 0.2) is 42.5 Å². The molecule has 3 N–H and O–H groups in total. The van der Waals surface area contributed by atoms with E-state index < -0.39 is 17.3 Å². The van der Waals surface area contributed by atoms with Crippen molar-refractivity contribution in [3.05, 3.63) is 64.2 Å². The van der Waals surface area contributed by atoms with Gasteiger partial charge in [-0.3, -0.25) is 0 Å². The molecular weight excluding hydrogens is 455 g/mol. The number of aliphatic hydroxyl groups is 1. The number of hydrogen-bond acceptors (Lipinski definition) is 7. The van der Waals surface area contributed by atoms with Crippen molar-refractivity contribution in [3.8, 4) is 16.3 Å². The van der Waals surface area contributed by atoms with Gasteiger partial charge in [-0.2, -0.15) is 13.2 Å². The lowest BCUT2D eigenvalue weighted by molar-refractivity contribution is -0.139. The molecule has 2 aromatic carbocycles. The first-order chi connectivity index (χ1) is 15.6. The zero-order chi connectivity index (χ0) is 24.1. The van der Waals surface area contributed by atoms with E-state index in [1.165, 1.54) is 12.1 Å². The normalized spacial score (nSPS) is 13.7. The number of nitrogens with two attached hydrogens (primary N) is 1. The third-order valence-corrected chi connectivity index (χ3v) is 6.13. The van der Waals surface area contributed by atoms with Gasteiger partial charge in [0.15, 0.2) is 0 Å². The molecule has 0 aliphatic heterocycles. The van der Waals surface area contributed by atoms with Gasteiger partial charge in [0.05, 0.1) is 30.9 Å². The first kappa shape index (κ1) is 25.1. The zero-order valence-corrected chi connectivity index (χ0v) is 19.2. The summed E-state index contributed by atoms with van der Waals surface area (Å²) in [5.41, 5.74) is 6.44. The lowest BCUT2D eigenvalue weighted by Crippen LogP contribution is -2.36. The summed E-state index contributed by atoms with van der Waals surface area (Å²) in [5.74, 6) is -0.280. The number of rotatable bonds is 10. The summed E-state index contributed by atoms with van der Waals surface area (Å²) in [6.45, 7) is 3.82. The Morgan fingerprint density at radius 2 is 1.85 bits per heavy atom. The molecule has 0 unspecified atom stereocenters. The average molecular weight is 482 g/mol. The second kappa shape index (κ2) is 10.6. The van der Waals surface area contributed by atoms with Crippen LogP contribution in [-0.2, 0) is 22.9 Å². The second-order valence-electron chi connectivity index (χ2n) is 7.90. The van der Waals surface area contributed by atoms with Crippen LogP contribution in [0.25, 0.3) is 10.6 Å². The molecule has 0 saturated carbocycles. The molecule has 0 aliphatic rings. The molecule has 0 aliphatic carbocycles. The van der Waals surface area contributed by atoms with E-state index in [1.807, 2.05) is 25.1 Å². The minimum absolute atomic E-state index is 0.0127.